The van der Waals surface area contributed by atoms with Gasteiger partial charge in [0, 0.05) is 30.8 Å². The molecule has 0 aliphatic rings. The summed E-state index contributed by atoms with van der Waals surface area (Å²) in [5.74, 6) is 1.33. The van der Waals surface area contributed by atoms with E-state index in [9.17, 15) is 4.79 Å². The van der Waals surface area contributed by atoms with Gasteiger partial charge in [-0.25, -0.2) is 4.98 Å². The highest BCUT2D eigenvalue weighted by atomic mass is 32.1. The van der Waals surface area contributed by atoms with Crippen LogP contribution in [0, 0.1) is 0 Å². The maximum atomic E-state index is 12.0. The average molecular weight is 381 g/mol. The SMILES string of the molecule is O=C(CCc1nc(-c2ccncc2)no1)NCc1coc(-c2cccs2)n1. The third-order valence-corrected chi connectivity index (χ3v) is 4.58. The topological polar surface area (TPSA) is 107 Å². The average Bonchev–Trinajstić information content (AvgIpc) is 3.47. The number of amides is 1. The van der Waals surface area contributed by atoms with Gasteiger partial charge >= 0.3 is 0 Å². The summed E-state index contributed by atoms with van der Waals surface area (Å²) in [5, 5.41) is 8.69. The number of rotatable bonds is 7. The molecule has 1 N–H and O–H groups in total. The van der Waals surface area contributed by atoms with E-state index in [0.717, 1.165) is 10.4 Å². The van der Waals surface area contributed by atoms with E-state index in [0.29, 0.717) is 36.3 Å². The molecule has 136 valence electrons. The largest absolute Gasteiger partial charge is 0.443 e. The molecule has 0 saturated carbocycles. The maximum absolute atomic E-state index is 12.0. The van der Waals surface area contributed by atoms with Crippen LogP contribution < -0.4 is 5.32 Å². The van der Waals surface area contributed by atoms with E-state index in [1.54, 1.807) is 42.1 Å². The molecule has 8 nitrogen and oxygen atoms in total. The lowest BCUT2D eigenvalue weighted by Gasteiger charge is -2.00. The van der Waals surface area contributed by atoms with Crippen molar-refractivity contribution in [2.45, 2.75) is 19.4 Å². The van der Waals surface area contributed by atoms with Gasteiger partial charge < -0.3 is 14.3 Å². The number of oxazole rings is 1. The Morgan fingerprint density at radius 2 is 2.07 bits per heavy atom. The summed E-state index contributed by atoms with van der Waals surface area (Å²) < 4.78 is 10.6. The highest BCUT2D eigenvalue weighted by molar-refractivity contribution is 7.13. The predicted octanol–water partition coefficient (Wildman–Crippen LogP) is 3.10. The number of carbonyl (C=O) groups excluding carboxylic acids is 1. The Kier molecular flexibility index (Phi) is 5.01. The van der Waals surface area contributed by atoms with Crippen molar-refractivity contribution in [3.63, 3.8) is 0 Å². The van der Waals surface area contributed by atoms with Gasteiger partial charge in [0.25, 0.3) is 0 Å². The molecule has 27 heavy (non-hydrogen) atoms. The van der Waals surface area contributed by atoms with Gasteiger partial charge in [0.05, 0.1) is 17.1 Å². The second kappa shape index (κ2) is 7.92. The number of carbonyl (C=O) groups is 1. The van der Waals surface area contributed by atoms with Gasteiger partial charge in [-0.15, -0.1) is 11.3 Å². The molecule has 0 aliphatic carbocycles. The third kappa shape index (κ3) is 4.26. The molecule has 0 radical (unpaired) electrons. The van der Waals surface area contributed by atoms with Gasteiger partial charge in [0.1, 0.15) is 6.26 Å². The molecule has 0 fully saturated rings. The highest BCUT2D eigenvalue weighted by Gasteiger charge is 2.12. The van der Waals surface area contributed by atoms with Gasteiger partial charge in [-0.1, -0.05) is 11.2 Å². The fourth-order valence-electron chi connectivity index (χ4n) is 2.37. The molecule has 4 aromatic heterocycles. The first kappa shape index (κ1) is 17.1. The van der Waals surface area contributed by atoms with Crippen LogP contribution in [-0.2, 0) is 17.8 Å². The fourth-order valence-corrected chi connectivity index (χ4v) is 3.03. The normalized spacial score (nSPS) is 10.8. The molecule has 0 atom stereocenters. The molecule has 0 aliphatic heterocycles. The van der Waals surface area contributed by atoms with Crippen molar-refractivity contribution in [3.8, 4) is 22.2 Å². The Bertz CT molecular complexity index is 1010. The van der Waals surface area contributed by atoms with E-state index in [4.69, 9.17) is 8.94 Å². The predicted molar refractivity (Wildman–Crippen MR) is 97.5 cm³/mol. The summed E-state index contributed by atoms with van der Waals surface area (Å²) in [6.07, 6.45) is 5.48. The molecule has 0 aromatic carbocycles. The van der Waals surface area contributed by atoms with Crippen LogP contribution in [0.15, 0.2) is 57.2 Å². The zero-order valence-corrected chi connectivity index (χ0v) is 15.0. The minimum absolute atomic E-state index is 0.126. The number of hydrogen-bond acceptors (Lipinski definition) is 8. The number of thiophene rings is 1. The third-order valence-electron chi connectivity index (χ3n) is 3.72. The van der Waals surface area contributed by atoms with Crippen molar-refractivity contribution in [2.75, 3.05) is 0 Å². The maximum Gasteiger partial charge on any atom is 0.236 e. The summed E-state index contributed by atoms with van der Waals surface area (Å²) in [5.41, 5.74) is 1.49. The lowest BCUT2D eigenvalue weighted by Crippen LogP contribution is -2.23. The second-order valence-corrected chi connectivity index (χ2v) is 6.59. The fraction of sp³-hybridized carbons (Fsp3) is 0.167. The Labute approximate surface area is 158 Å². The van der Waals surface area contributed by atoms with E-state index in [-0.39, 0.29) is 12.3 Å². The number of aryl methyl sites for hydroxylation is 1. The van der Waals surface area contributed by atoms with Crippen molar-refractivity contribution in [2.24, 2.45) is 0 Å². The first-order valence-corrected chi connectivity index (χ1v) is 9.14. The lowest BCUT2D eigenvalue weighted by molar-refractivity contribution is -0.121. The van der Waals surface area contributed by atoms with Crippen LogP contribution in [0.3, 0.4) is 0 Å². The number of pyridine rings is 1. The van der Waals surface area contributed by atoms with Crippen LogP contribution in [0.5, 0.6) is 0 Å². The van der Waals surface area contributed by atoms with E-state index >= 15 is 0 Å². The Morgan fingerprint density at radius 1 is 1.19 bits per heavy atom. The second-order valence-electron chi connectivity index (χ2n) is 5.65. The molecule has 0 saturated heterocycles. The van der Waals surface area contributed by atoms with Gasteiger partial charge in [-0.2, -0.15) is 4.98 Å². The van der Waals surface area contributed by atoms with E-state index in [2.05, 4.69) is 25.4 Å². The van der Waals surface area contributed by atoms with Crippen molar-refractivity contribution < 1.29 is 13.7 Å². The smallest absolute Gasteiger partial charge is 0.236 e. The van der Waals surface area contributed by atoms with E-state index < -0.39 is 0 Å². The zero-order chi connectivity index (χ0) is 18.5. The molecule has 0 bridgehead atoms. The quantitative estimate of drug-likeness (QED) is 0.524. The molecule has 0 unspecified atom stereocenters. The number of hydrogen-bond donors (Lipinski definition) is 1. The molecule has 1 amide bonds. The van der Waals surface area contributed by atoms with Crippen LogP contribution in [0.25, 0.3) is 22.2 Å². The van der Waals surface area contributed by atoms with Crippen molar-refractivity contribution in [3.05, 3.63) is 59.9 Å². The molecular formula is C18H15N5O3S. The summed E-state index contributed by atoms with van der Waals surface area (Å²) in [6, 6.07) is 7.46. The van der Waals surface area contributed by atoms with Gasteiger partial charge in [-0.05, 0) is 23.6 Å². The van der Waals surface area contributed by atoms with E-state index in [1.807, 2.05) is 17.5 Å². The Hall–Kier alpha value is -3.33. The number of nitrogens with zero attached hydrogens (tertiary/aromatic N) is 4. The van der Waals surface area contributed by atoms with Crippen LogP contribution in [0.1, 0.15) is 18.0 Å². The highest BCUT2D eigenvalue weighted by Crippen LogP contribution is 2.23. The first-order valence-electron chi connectivity index (χ1n) is 8.26. The van der Waals surface area contributed by atoms with Crippen LogP contribution in [-0.4, -0.2) is 26.0 Å². The Balaban J connectivity index is 1.26. The van der Waals surface area contributed by atoms with Gasteiger partial charge in [-0.3, -0.25) is 9.78 Å². The summed E-state index contributed by atoms with van der Waals surface area (Å²) in [7, 11) is 0. The molecular weight excluding hydrogens is 366 g/mol. The van der Waals surface area contributed by atoms with E-state index in [1.165, 1.54) is 0 Å². The number of nitrogens with one attached hydrogen (secondary N) is 1. The number of aromatic nitrogens is 4. The van der Waals surface area contributed by atoms with Crippen molar-refractivity contribution in [1.82, 2.24) is 25.4 Å². The van der Waals surface area contributed by atoms with Crippen LogP contribution in [0.4, 0.5) is 0 Å². The minimum atomic E-state index is -0.126. The molecule has 4 heterocycles. The molecule has 4 rings (SSSR count). The molecule has 4 aromatic rings. The van der Waals surface area contributed by atoms with Gasteiger partial charge in [0.15, 0.2) is 0 Å². The monoisotopic (exact) mass is 381 g/mol. The van der Waals surface area contributed by atoms with Crippen molar-refractivity contribution >= 4 is 17.2 Å². The molecule has 9 heteroatoms. The Morgan fingerprint density at radius 3 is 2.89 bits per heavy atom. The lowest BCUT2D eigenvalue weighted by atomic mass is 10.2. The summed E-state index contributed by atoms with van der Waals surface area (Å²) in [4.78, 5) is 25.6. The van der Waals surface area contributed by atoms with Gasteiger partial charge in [0.2, 0.25) is 23.5 Å². The van der Waals surface area contributed by atoms with Crippen LogP contribution >= 0.6 is 11.3 Å². The summed E-state index contributed by atoms with van der Waals surface area (Å²) >= 11 is 1.55. The summed E-state index contributed by atoms with van der Waals surface area (Å²) in [6.45, 7) is 0.305. The van der Waals surface area contributed by atoms with Crippen molar-refractivity contribution in [1.29, 1.82) is 0 Å². The zero-order valence-electron chi connectivity index (χ0n) is 14.2. The molecule has 0 spiro atoms. The minimum Gasteiger partial charge on any atom is -0.443 e. The standard InChI is InChI=1S/C18H15N5O3S/c24-15(20-10-13-11-25-18(21-13)14-2-1-9-27-14)3-4-16-22-17(23-26-16)12-5-7-19-8-6-12/h1-2,5-9,11H,3-4,10H2,(H,20,24). The first-order chi connectivity index (χ1) is 13.3. The van der Waals surface area contributed by atoms with Crippen LogP contribution in [0.2, 0.25) is 0 Å².